The van der Waals surface area contributed by atoms with Gasteiger partial charge in [-0.3, -0.25) is 10.1 Å². The molecule has 8 nitrogen and oxygen atoms in total. The molecule has 0 bridgehead atoms. The number of carbonyl (C=O) groups excluding carboxylic acids is 1. The van der Waals surface area contributed by atoms with E-state index in [1.54, 1.807) is 42.5 Å². The number of unbranched alkanes of at least 4 members (excludes halogenated alkanes) is 2. The maximum absolute atomic E-state index is 12.4. The van der Waals surface area contributed by atoms with Crippen molar-refractivity contribution >= 4 is 11.9 Å². The van der Waals surface area contributed by atoms with Gasteiger partial charge in [0.25, 0.3) is 5.91 Å². The van der Waals surface area contributed by atoms with E-state index in [2.05, 4.69) is 22.4 Å². The molecule has 0 radical (unpaired) electrons. The second kappa shape index (κ2) is 8.64. The molecule has 0 unspecified atom stereocenters. The zero-order chi connectivity index (χ0) is 20.1. The molecule has 1 aromatic heterocycles. The van der Waals surface area contributed by atoms with Crippen molar-refractivity contribution in [2.45, 2.75) is 26.2 Å². The highest BCUT2D eigenvalue weighted by molar-refractivity contribution is 6.03. The van der Waals surface area contributed by atoms with Gasteiger partial charge in [-0.1, -0.05) is 24.9 Å². The van der Waals surface area contributed by atoms with Crippen molar-refractivity contribution in [1.29, 1.82) is 0 Å². The van der Waals surface area contributed by atoms with Gasteiger partial charge in [0.2, 0.25) is 12.7 Å². The Labute approximate surface area is 167 Å². The highest BCUT2D eigenvalue weighted by Crippen LogP contribution is 2.35. The Balaban J connectivity index is 1.36. The van der Waals surface area contributed by atoms with Crippen molar-refractivity contribution in [2.75, 3.05) is 18.7 Å². The molecule has 2 aromatic carbocycles. The Hall–Kier alpha value is -3.55. The molecule has 4 rings (SSSR count). The standard InChI is InChI=1S/C21H21N3O5/c1-2-3-4-11-26-16-8-5-14(6-9-16)19(25)22-21-24-23-20(29-21)15-7-10-17-18(12-15)28-13-27-17/h5-10,12H,2-4,11,13H2,1H3,(H,22,24,25). The molecule has 0 spiro atoms. The number of amides is 1. The number of aromatic nitrogens is 2. The van der Waals surface area contributed by atoms with Crippen LogP contribution in [0.5, 0.6) is 17.2 Å². The summed E-state index contributed by atoms with van der Waals surface area (Å²) in [6.07, 6.45) is 3.30. The van der Waals surface area contributed by atoms with E-state index in [1.807, 2.05) is 0 Å². The Kier molecular flexibility index (Phi) is 5.60. The number of hydrogen-bond acceptors (Lipinski definition) is 7. The summed E-state index contributed by atoms with van der Waals surface area (Å²) in [4.78, 5) is 12.4. The minimum atomic E-state index is -0.344. The number of nitrogens with zero attached hydrogens (tertiary/aromatic N) is 2. The minimum absolute atomic E-state index is 0.0163. The van der Waals surface area contributed by atoms with Gasteiger partial charge in [-0.25, -0.2) is 0 Å². The van der Waals surface area contributed by atoms with Crippen LogP contribution in [0.2, 0.25) is 0 Å². The summed E-state index contributed by atoms with van der Waals surface area (Å²) < 4.78 is 21.8. The van der Waals surface area contributed by atoms with Crippen LogP contribution >= 0.6 is 0 Å². The average Bonchev–Trinajstić information content (AvgIpc) is 3.40. The van der Waals surface area contributed by atoms with Crippen LogP contribution in [-0.2, 0) is 0 Å². The summed E-state index contributed by atoms with van der Waals surface area (Å²) in [5.74, 6) is 1.95. The highest BCUT2D eigenvalue weighted by atomic mass is 16.7. The summed E-state index contributed by atoms with van der Waals surface area (Å²) >= 11 is 0. The monoisotopic (exact) mass is 395 g/mol. The van der Waals surface area contributed by atoms with Crippen molar-refractivity contribution in [1.82, 2.24) is 10.2 Å². The van der Waals surface area contributed by atoms with Crippen molar-refractivity contribution < 1.29 is 23.4 Å². The summed E-state index contributed by atoms with van der Waals surface area (Å²) in [5.41, 5.74) is 1.14. The first-order valence-electron chi connectivity index (χ1n) is 9.50. The molecular weight excluding hydrogens is 374 g/mol. The third-order valence-electron chi connectivity index (χ3n) is 4.40. The number of anilines is 1. The first-order chi connectivity index (χ1) is 14.2. The SMILES string of the molecule is CCCCCOc1ccc(C(=O)Nc2nnc(-c3ccc4c(c3)OCO4)o2)cc1. The zero-order valence-electron chi connectivity index (χ0n) is 16.0. The Morgan fingerprint density at radius 2 is 1.90 bits per heavy atom. The van der Waals surface area contributed by atoms with Gasteiger partial charge >= 0.3 is 6.01 Å². The van der Waals surface area contributed by atoms with Gasteiger partial charge in [0.15, 0.2) is 11.5 Å². The third-order valence-corrected chi connectivity index (χ3v) is 4.40. The van der Waals surface area contributed by atoms with Gasteiger partial charge in [0.05, 0.1) is 6.61 Å². The van der Waals surface area contributed by atoms with E-state index < -0.39 is 0 Å². The second-order valence-corrected chi connectivity index (χ2v) is 6.51. The molecule has 0 aliphatic carbocycles. The van der Waals surface area contributed by atoms with E-state index in [0.29, 0.717) is 29.2 Å². The van der Waals surface area contributed by atoms with Crippen molar-refractivity contribution in [2.24, 2.45) is 0 Å². The Bertz CT molecular complexity index is 984. The molecule has 1 aliphatic rings. The number of ether oxygens (including phenoxy) is 3. The van der Waals surface area contributed by atoms with E-state index in [9.17, 15) is 4.79 Å². The third kappa shape index (κ3) is 4.48. The molecular formula is C21H21N3O5. The summed E-state index contributed by atoms with van der Waals surface area (Å²) in [6.45, 7) is 3.01. The van der Waals surface area contributed by atoms with Gasteiger partial charge in [-0.2, -0.15) is 0 Å². The minimum Gasteiger partial charge on any atom is -0.494 e. The number of carbonyl (C=O) groups is 1. The lowest BCUT2D eigenvalue weighted by Gasteiger charge is -2.06. The normalized spacial score (nSPS) is 12.0. The topological polar surface area (TPSA) is 95.7 Å². The molecule has 150 valence electrons. The molecule has 0 saturated heterocycles. The van der Waals surface area contributed by atoms with Gasteiger partial charge < -0.3 is 18.6 Å². The van der Waals surface area contributed by atoms with Crippen LogP contribution in [0.4, 0.5) is 6.01 Å². The fraction of sp³-hybridized carbons (Fsp3) is 0.286. The maximum Gasteiger partial charge on any atom is 0.322 e. The van der Waals surface area contributed by atoms with E-state index in [1.165, 1.54) is 0 Å². The van der Waals surface area contributed by atoms with E-state index in [4.69, 9.17) is 18.6 Å². The molecule has 0 atom stereocenters. The summed E-state index contributed by atoms with van der Waals surface area (Å²) in [5, 5.41) is 10.5. The molecule has 1 N–H and O–H groups in total. The lowest BCUT2D eigenvalue weighted by atomic mass is 10.2. The molecule has 3 aromatic rings. The van der Waals surface area contributed by atoms with Crippen molar-refractivity contribution in [3.05, 3.63) is 48.0 Å². The van der Waals surface area contributed by atoms with Gasteiger partial charge in [0, 0.05) is 11.1 Å². The van der Waals surface area contributed by atoms with Crippen LogP contribution in [0.1, 0.15) is 36.5 Å². The number of nitrogens with one attached hydrogen (secondary N) is 1. The molecule has 1 aliphatic heterocycles. The number of hydrogen-bond donors (Lipinski definition) is 1. The smallest absolute Gasteiger partial charge is 0.322 e. The van der Waals surface area contributed by atoms with Crippen LogP contribution in [-0.4, -0.2) is 29.5 Å². The summed E-state index contributed by atoms with van der Waals surface area (Å²) in [7, 11) is 0. The fourth-order valence-electron chi connectivity index (χ4n) is 2.83. The fourth-order valence-corrected chi connectivity index (χ4v) is 2.83. The first kappa shape index (κ1) is 18.8. The van der Waals surface area contributed by atoms with E-state index in [0.717, 1.165) is 25.0 Å². The average molecular weight is 395 g/mol. The van der Waals surface area contributed by atoms with E-state index >= 15 is 0 Å². The lowest BCUT2D eigenvalue weighted by molar-refractivity contribution is 0.102. The molecule has 0 saturated carbocycles. The van der Waals surface area contributed by atoms with Crippen molar-refractivity contribution in [3.63, 3.8) is 0 Å². The number of rotatable bonds is 8. The largest absolute Gasteiger partial charge is 0.494 e. The van der Waals surface area contributed by atoms with Gasteiger partial charge in [-0.15, -0.1) is 5.10 Å². The molecule has 0 fully saturated rings. The van der Waals surface area contributed by atoms with Crippen molar-refractivity contribution in [3.8, 4) is 28.7 Å². The quantitative estimate of drug-likeness (QED) is 0.569. The molecule has 2 heterocycles. The first-order valence-corrected chi connectivity index (χ1v) is 9.50. The Morgan fingerprint density at radius 1 is 1.07 bits per heavy atom. The lowest BCUT2D eigenvalue weighted by Crippen LogP contribution is -2.12. The molecule has 1 amide bonds. The summed E-state index contributed by atoms with van der Waals surface area (Å²) in [6, 6.07) is 12.2. The number of fused-ring (bicyclic) bond motifs is 1. The highest BCUT2D eigenvalue weighted by Gasteiger charge is 2.17. The zero-order valence-corrected chi connectivity index (χ0v) is 16.0. The predicted molar refractivity (Wildman–Crippen MR) is 105 cm³/mol. The van der Waals surface area contributed by atoms with Crippen LogP contribution in [0.3, 0.4) is 0 Å². The van der Waals surface area contributed by atoms with Crippen LogP contribution in [0, 0.1) is 0 Å². The number of benzene rings is 2. The van der Waals surface area contributed by atoms with Crippen LogP contribution in [0.15, 0.2) is 46.9 Å². The van der Waals surface area contributed by atoms with Crippen LogP contribution < -0.4 is 19.5 Å². The maximum atomic E-state index is 12.4. The molecule has 29 heavy (non-hydrogen) atoms. The predicted octanol–water partition coefficient (Wildman–Crippen LogP) is 4.29. The van der Waals surface area contributed by atoms with Gasteiger partial charge in [0.1, 0.15) is 5.75 Å². The Morgan fingerprint density at radius 3 is 2.72 bits per heavy atom. The van der Waals surface area contributed by atoms with Crippen LogP contribution in [0.25, 0.3) is 11.5 Å². The van der Waals surface area contributed by atoms with Gasteiger partial charge in [-0.05, 0) is 48.9 Å². The van der Waals surface area contributed by atoms with E-state index in [-0.39, 0.29) is 24.6 Å². The molecule has 8 heteroatoms. The second-order valence-electron chi connectivity index (χ2n) is 6.51.